The summed E-state index contributed by atoms with van der Waals surface area (Å²) >= 11 is 0. The highest BCUT2D eigenvalue weighted by Gasteiger charge is 2.19. The average molecular weight is 829 g/mol. The van der Waals surface area contributed by atoms with Crippen molar-refractivity contribution in [2.24, 2.45) is 0 Å². The van der Waals surface area contributed by atoms with Gasteiger partial charge >= 0.3 is 30.1 Å². The van der Waals surface area contributed by atoms with Gasteiger partial charge in [0.25, 0.3) is 0 Å². The van der Waals surface area contributed by atoms with E-state index in [9.17, 15) is 24.0 Å². The quantitative estimate of drug-likeness (QED) is 0.0467. The molecule has 0 heterocycles. The van der Waals surface area contributed by atoms with Crippen molar-refractivity contribution in [3.63, 3.8) is 0 Å². The zero-order chi connectivity index (χ0) is 43.3. The Labute approximate surface area is 344 Å². The van der Waals surface area contributed by atoms with E-state index in [-0.39, 0.29) is 90.3 Å². The summed E-state index contributed by atoms with van der Waals surface area (Å²) in [7, 11) is 0. The summed E-state index contributed by atoms with van der Waals surface area (Å²) in [5, 5.41) is 5.16. The van der Waals surface area contributed by atoms with E-state index in [0.717, 1.165) is 0 Å². The fourth-order valence-electron chi connectivity index (χ4n) is 4.22. The SMILES string of the molecule is C=C(C)C(=O)OCCCNC(=O)OC(COCCOc1ccc(OCCOCC(COc2ccccc2)OC(=O)NCCCOC(=O)C(=C)C)cc1)COC(=O)C(=C)C. The lowest BCUT2D eigenvalue weighted by molar-refractivity contribution is -0.143. The van der Waals surface area contributed by atoms with Crippen molar-refractivity contribution in [1.29, 1.82) is 0 Å². The first-order valence-electron chi connectivity index (χ1n) is 18.9. The van der Waals surface area contributed by atoms with Crippen LogP contribution in [0.25, 0.3) is 0 Å². The minimum atomic E-state index is -0.914. The molecule has 59 heavy (non-hydrogen) atoms. The number of benzene rings is 2. The lowest BCUT2D eigenvalue weighted by Gasteiger charge is -2.19. The van der Waals surface area contributed by atoms with Crippen molar-refractivity contribution >= 4 is 30.1 Å². The van der Waals surface area contributed by atoms with Crippen LogP contribution in [0.15, 0.2) is 91.1 Å². The van der Waals surface area contributed by atoms with Crippen LogP contribution in [0.2, 0.25) is 0 Å². The number of hydrogen-bond acceptors (Lipinski definition) is 15. The molecule has 0 aliphatic rings. The van der Waals surface area contributed by atoms with Gasteiger partial charge in [-0.2, -0.15) is 0 Å². The molecule has 2 atom stereocenters. The summed E-state index contributed by atoms with van der Waals surface area (Å²) in [6, 6.07) is 16.0. The molecule has 0 saturated heterocycles. The first-order valence-corrected chi connectivity index (χ1v) is 18.9. The minimum Gasteiger partial charge on any atom is -0.491 e. The first kappa shape index (κ1) is 49.1. The van der Waals surface area contributed by atoms with Gasteiger partial charge in [-0.25, -0.2) is 24.0 Å². The summed E-state index contributed by atoms with van der Waals surface area (Å²) in [6.07, 6.45) is -2.32. The Morgan fingerprint density at radius 1 is 0.492 bits per heavy atom. The third-order valence-electron chi connectivity index (χ3n) is 7.24. The lowest BCUT2D eigenvalue weighted by atomic mass is 10.3. The molecular weight excluding hydrogens is 772 g/mol. The third kappa shape index (κ3) is 23.7. The highest BCUT2D eigenvalue weighted by molar-refractivity contribution is 5.87. The van der Waals surface area contributed by atoms with Crippen molar-refractivity contribution < 1.29 is 71.3 Å². The van der Waals surface area contributed by atoms with Crippen LogP contribution >= 0.6 is 0 Å². The molecule has 0 fully saturated rings. The fourth-order valence-corrected chi connectivity index (χ4v) is 4.22. The van der Waals surface area contributed by atoms with Crippen LogP contribution in [-0.4, -0.2) is 121 Å². The highest BCUT2D eigenvalue weighted by atomic mass is 16.6. The van der Waals surface area contributed by atoms with Gasteiger partial charge in [-0.05, 0) is 70.0 Å². The molecule has 2 unspecified atom stereocenters. The summed E-state index contributed by atoms with van der Waals surface area (Å²) in [4.78, 5) is 59.5. The van der Waals surface area contributed by atoms with Gasteiger partial charge in [0.15, 0.2) is 12.2 Å². The van der Waals surface area contributed by atoms with Gasteiger partial charge in [-0.15, -0.1) is 0 Å². The fraction of sp³-hybridized carbons (Fsp3) is 0.452. The van der Waals surface area contributed by atoms with E-state index in [1.54, 1.807) is 43.3 Å². The molecule has 17 nitrogen and oxygen atoms in total. The van der Waals surface area contributed by atoms with E-state index in [1.807, 2.05) is 18.2 Å². The Morgan fingerprint density at radius 2 is 0.898 bits per heavy atom. The van der Waals surface area contributed by atoms with Gasteiger partial charge in [0.1, 0.15) is 43.7 Å². The zero-order valence-electron chi connectivity index (χ0n) is 34.0. The van der Waals surface area contributed by atoms with E-state index in [2.05, 4.69) is 30.4 Å². The van der Waals surface area contributed by atoms with E-state index < -0.39 is 42.3 Å². The zero-order valence-corrected chi connectivity index (χ0v) is 34.0. The van der Waals surface area contributed by atoms with Crippen LogP contribution in [0.5, 0.6) is 17.2 Å². The first-order chi connectivity index (χ1) is 28.3. The lowest BCUT2D eigenvalue weighted by Crippen LogP contribution is -2.36. The normalized spacial score (nSPS) is 11.4. The Morgan fingerprint density at radius 3 is 1.34 bits per heavy atom. The number of carbonyl (C=O) groups excluding carboxylic acids is 5. The molecule has 0 spiro atoms. The molecule has 0 saturated carbocycles. The summed E-state index contributed by atoms with van der Waals surface area (Å²) in [5.41, 5.74) is 0.764. The van der Waals surface area contributed by atoms with Crippen molar-refractivity contribution in [3.8, 4) is 17.2 Å². The Balaban J connectivity index is 1.71. The number of nitrogens with one attached hydrogen (secondary N) is 2. The molecular formula is C42H56N2O15. The smallest absolute Gasteiger partial charge is 0.407 e. The summed E-state index contributed by atoms with van der Waals surface area (Å²) < 4.78 is 54.6. The molecule has 2 aromatic carbocycles. The van der Waals surface area contributed by atoms with Gasteiger partial charge in [0.2, 0.25) is 0 Å². The van der Waals surface area contributed by atoms with Crippen LogP contribution < -0.4 is 24.8 Å². The second-order valence-electron chi connectivity index (χ2n) is 12.8. The number of carbonyl (C=O) groups is 5. The molecule has 0 radical (unpaired) electrons. The van der Waals surface area contributed by atoms with Gasteiger partial charge < -0.3 is 58.0 Å². The standard InChI is InChI=1S/C42H56N2O15/c1-30(2)38(45)54-20-10-18-43-41(48)58-36(28-56-33-12-8-7-9-13-33)26-50-22-24-52-34-14-16-35(17-15-34)53-25-23-51-27-37(29-57-40(47)32(5)6)59-42(49)44-19-11-21-55-39(46)31(3)4/h7-9,12-17,36-37H,1,3,5,10-11,18-29H2,2,4,6H3,(H,43,48)(H,44,49). The van der Waals surface area contributed by atoms with Gasteiger partial charge in [0, 0.05) is 29.8 Å². The topological polar surface area (TPSA) is 202 Å². The molecule has 0 aliphatic heterocycles. The van der Waals surface area contributed by atoms with Crippen molar-refractivity contribution in [2.75, 3.05) is 79.2 Å². The molecule has 2 rings (SSSR count). The van der Waals surface area contributed by atoms with Gasteiger partial charge in [0.05, 0.1) is 39.6 Å². The minimum absolute atomic E-state index is 0.0464. The van der Waals surface area contributed by atoms with E-state index in [1.165, 1.54) is 13.8 Å². The van der Waals surface area contributed by atoms with Crippen molar-refractivity contribution in [2.45, 2.75) is 45.8 Å². The van der Waals surface area contributed by atoms with Crippen LogP contribution in [0, 0.1) is 0 Å². The molecule has 0 aliphatic carbocycles. The monoisotopic (exact) mass is 828 g/mol. The molecule has 17 heteroatoms. The van der Waals surface area contributed by atoms with Crippen LogP contribution in [-0.2, 0) is 47.5 Å². The number of alkyl carbamates (subject to hydrolysis) is 2. The Bertz CT molecular complexity index is 1630. The van der Waals surface area contributed by atoms with Crippen molar-refractivity contribution in [1.82, 2.24) is 10.6 Å². The number of hydrogen-bond donors (Lipinski definition) is 2. The van der Waals surface area contributed by atoms with Crippen molar-refractivity contribution in [3.05, 3.63) is 91.1 Å². The van der Waals surface area contributed by atoms with Crippen LogP contribution in [0.4, 0.5) is 9.59 Å². The van der Waals surface area contributed by atoms with E-state index in [0.29, 0.717) is 35.7 Å². The number of esters is 3. The van der Waals surface area contributed by atoms with Gasteiger partial charge in [-0.3, -0.25) is 0 Å². The molecule has 2 N–H and O–H groups in total. The van der Waals surface area contributed by atoms with Crippen LogP contribution in [0.3, 0.4) is 0 Å². The summed E-state index contributed by atoms with van der Waals surface area (Å²) in [6.45, 7) is 16.2. The Hall–Kier alpha value is -6.07. The van der Waals surface area contributed by atoms with E-state index >= 15 is 0 Å². The highest BCUT2D eigenvalue weighted by Crippen LogP contribution is 2.18. The largest absolute Gasteiger partial charge is 0.491 e. The number of para-hydroxylation sites is 1. The number of ether oxygens (including phenoxy) is 10. The predicted molar refractivity (Wildman–Crippen MR) is 214 cm³/mol. The number of amides is 2. The third-order valence-corrected chi connectivity index (χ3v) is 7.24. The van der Waals surface area contributed by atoms with Crippen LogP contribution in [0.1, 0.15) is 33.6 Å². The molecule has 324 valence electrons. The second-order valence-corrected chi connectivity index (χ2v) is 12.8. The average Bonchev–Trinajstić information content (AvgIpc) is 3.21. The van der Waals surface area contributed by atoms with E-state index in [4.69, 9.17) is 47.4 Å². The van der Waals surface area contributed by atoms with Gasteiger partial charge in [-0.1, -0.05) is 37.9 Å². The Kier molecular flexibility index (Phi) is 24.3. The molecule has 0 bridgehead atoms. The second kappa shape index (κ2) is 29.2. The molecule has 2 amide bonds. The maximum Gasteiger partial charge on any atom is 0.407 e. The predicted octanol–water partition coefficient (Wildman–Crippen LogP) is 4.88. The summed E-state index contributed by atoms with van der Waals surface area (Å²) in [5.74, 6) is 0.0901. The maximum absolute atomic E-state index is 12.4. The molecule has 0 aromatic heterocycles. The number of rotatable bonds is 30. The molecule has 2 aromatic rings. The maximum atomic E-state index is 12.4.